The van der Waals surface area contributed by atoms with Gasteiger partial charge in [-0.25, -0.2) is 4.98 Å². The molecule has 134 valence electrons. The monoisotopic (exact) mass is 351 g/mol. The van der Waals surface area contributed by atoms with E-state index >= 15 is 0 Å². The molecule has 1 fully saturated rings. The molecule has 0 bridgehead atoms. The number of benzene rings is 1. The number of nitrogens with two attached hydrogens (primary N) is 1. The van der Waals surface area contributed by atoms with Crippen molar-refractivity contribution < 1.29 is 0 Å². The lowest BCUT2D eigenvalue weighted by Crippen LogP contribution is -2.42. The fourth-order valence-corrected chi connectivity index (χ4v) is 3.17. The van der Waals surface area contributed by atoms with Gasteiger partial charge in [-0.1, -0.05) is 25.0 Å². The van der Waals surface area contributed by atoms with Crippen LogP contribution < -0.4 is 16.4 Å². The molecule has 2 heterocycles. The standard InChI is InChI=1S/C17H21N9/c18-13-6-1-2-7-14(13)21-17-19-9-8-15(22-17)20-12-5-3-4-11(10-12)16-23-25-26-24-16/h3-5,8-10,13-14H,1-2,6-7,18H2,(H2,19,20,21,22)(H,23,24,25,26)/t13-,14+/m0/s1. The Morgan fingerprint density at radius 3 is 2.92 bits per heavy atom. The van der Waals surface area contributed by atoms with Crippen molar-refractivity contribution in [2.75, 3.05) is 10.6 Å². The summed E-state index contributed by atoms with van der Waals surface area (Å²) in [6.07, 6.45) is 6.20. The maximum Gasteiger partial charge on any atom is 0.224 e. The fourth-order valence-electron chi connectivity index (χ4n) is 3.17. The second-order valence-electron chi connectivity index (χ2n) is 6.41. The van der Waals surface area contributed by atoms with Crippen LogP contribution in [0.25, 0.3) is 11.4 Å². The number of nitrogens with zero attached hydrogens (tertiary/aromatic N) is 5. The molecule has 1 aliphatic carbocycles. The summed E-state index contributed by atoms with van der Waals surface area (Å²) in [7, 11) is 0. The molecule has 0 unspecified atom stereocenters. The van der Waals surface area contributed by atoms with Crippen molar-refractivity contribution in [3.05, 3.63) is 36.5 Å². The quantitative estimate of drug-likeness (QED) is 0.549. The van der Waals surface area contributed by atoms with Gasteiger partial charge in [0.15, 0.2) is 0 Å². The maximum atomic E-state index is 6.20. The van der Waals surface area contributed by atoms with Gasteiger partial charge in [-0.3, -0.25) is 0 Å². The summed E-state index contributed by atoms with van der Waals surface area (Å²) in [5.74, 6) is 1.84. The third-order valence-corrected chi connectivity index (χ3v) is 4.53. The molecule has 1 aromatic carbocycles. The largest absolute Gasteiger partial charge is 0.350 e. The number of aromatic amines is 1. The van der Waals surface area contributed by atoms with Crippen molar-refractivity contribution in [2.24, 2.45) is 5.73 Å². The first-order valence-corrected chi connectivity index (χ1v) is 8.74. The summed E-state index contributed by atoms with van der Waals surface area (Å²) in [5.41, 5.74) is 7.94. The molecule has 3 aromatic rings. The van der Waals surface area contributed by atoms with Crippen molar-refractivity contribution in [1.82, 2.24) is 30.6 Å². The number of tetrazole rings is 1. The van der Waals surface area contributed by atoms with Crippen molar-refractivity contribution in [3.63, 3.8) is 0 Å². The van der Waals surface area contributed by atoms with Gasteiger partial charge in [-0.2, -0.15) is 10.2 Å². The van der Waals surface area contributed by atoms with Crippen LogP contribution in [-0.4, -0.2) is 42.7 Å². The van der Waals surface area contributed by atoms with E-state index < -0.39 is 0 Å². The SMILES string of the molecule is N[C@H]1CCCC[C@H]1Nc1nccc(Nc2cccc(-c3nn[nH]n3)c2)n1. The normalized spacial score (nSPS) is 19.9. The van der Waals surface area contributed by atoms with E-state index in [0.29, 0.717) is 17.6 Å². The highest BCUT2D eigenvalue weighted by Gasteiger charge is 2.22. The number of aromatic nitrogens is 6. The molecule has 0 spiro atoms. The molecular weight excluding hydrogens is 330 g/mol. The molecule has 5 N–H and O–H groups in total. The zero-order valence-corrected chi connectivity index (χ0v) is 14.3. The molecule has 9 heteroatoms. The van der Waals surface area contributed by atoms with Gasteiger partial charge < -0.3 is 16.4 Å². The Hall–Kier alpha value is -3.07. The molecule has 4 rings (SSSR count). The number of hydrogen-bond acceptors (Lipinski definition) is 8. The number of nitrogens with one attached hydrogen (secondary N) is 3. The van der Waals surface area contributed by atoms with Crippen molar-refractivity contribution in [2.45, 2.75) is 37.8 Å². The zero-order chi connectivity index (χ0) is 17.8. The van der Waals surface area contributed by atoms with E-state index in [1.807, 2.05) is 30.3 Å². The molecule has 9 nitrogen and oxygen atoms in total. The molecule has 0 saturated heterocycles. The Morgan fingerprint density at radius 2 is 2.08 bits per heavy atom. The van der Waals surface area contributed by atoms with Gasteiger partial charge >= 0.3 is 0 Å². The Balaban J connectivity index is 1.48. The van der Waals surface area contributed by atoms with Gasteiger partial charge in [-0.15, -0.1) is 10.2 Å². The Bertz CT molecular complexity index is 849. The lowest BCUT2D eigenvalue weighted by atomic mass is 9.91. The first kappa shape index (κ1) is 16.4. The van der Waals surface area contributed by atoms with Crippen LogP contribution in [0.2, 0.25) is 0 Å². The second kappa shape index (κ2) is 7.44. The van der Waals surface area contributed by atoms with Gasteiger partial charge in [0, 0.05) is 29.5 Å². The van der Waals surface area contributed by atoms with Crippen molar-refractivity contribution in [1.29, 1.82) is 0 Å². The minimum atomic E-state index is 0.149. The number of rotatable bonds is 5. The van der Waals surface area contributed by atoms with Crippen LogP contribution in [0.15, 0.2) is 36.5 Å². The number of hydrogen-bond donors (Lipinski definition) is 4. The van der Waals surface area contributed by atoms with E-state index in [1.165, 1.54) is 12.8 Å². The third-order valence-electron chi connectivity index (χ3n) is 4.53. The predicted molar refractivity (Wildman–Crippen MR) is 98.8 cm³/mol. The molecule has 2 atom stereocenters. The zero-order valence-electron chi connectivity index (χ0n) is 14.3. The molecule has 1 saturated carbocycles. The smallest absolute Gasteiger partial charge is 0.224 e. The van der Waals surface area contributed by atoms with E-state index in [4.69, 9.17) is 5.73 Å². The van der Waals surface area contributed by atoms with E-state index in [0.717, 1.165) is 24.1 Å². The van der Waals surface area contributed by atoms with Crippen molar-refractivity contribution in [3.8, 4) is 11.4 Å². The van der Waals surface area contributed by atoms with Gasteiger partial charge in [0.05, 0.1) is 0 Å². The van der Waals surface area contributed by atoms with Crippen LogP contribution in [0.4, 0.5) is 17.5 Å². The average Bonchev–Trinajstić information content (AvgIpc) is 3.19. The van der Waals surface area contributed by atoms with E-state index in [2.05, 4.69) is 41.2 Å². The minimum absolute atomic E-state index is 0.149. The summed E-state index contributed by atoms with van der Waals surface area (Å²) in [5, 5.41) is 20.7. The number of anilines is 3. The Morgan fingerprint density at radius 1 is 1.15 bits per heavy atom. The van der Waals surface area contributed by atoms with Gasteiger partial charge in [0.2, 0.25) is 11.8 Å². The maximum absolute atomic E-state index is 6.20. The van der Waals surface area contributed by atoms with Crippen LogP contribution >= 0.6 is 0 Å². The van der Waals surface area contributed by atoms with Crippen LogP contribution in [0, 0.1) is 0 Å². The van der Waals surface area contributed by atoms with E-state index in [9.17, 15) is 0 Å². The van der Waals surface area contributed by atoms with Gasteiger partial charge in [0.1, 0.15) is 5.82 Å². The number of H-pyrrole nitrogens is 1. The Kier molecular flexibility index (Phi) is 4.69. The van der Waals surface area contributed by atoms with Crippen molar-refractivity contribution >= 4 is 17.5 Å². The molecule has 0 radical (unpaired) electrons. The first-order valence-electron chi connectivity index (χ1n) is 8.74. The van der Waals surface area contributed by atoms with Gasteiger partial charge in [0.25, 0.3) is 0 Å². The third kappa shape index (κ3) is 3.77. The molecule has 1 aliphatic rings. The summed E-state index contributed by atoms with van der Waals surface area (Å²) in [6, 6.07) is 9.94. The summed E-state index contributed by atoms with van der Waals surface area (Å²) < 4.78 is 0. The fraction of sp³-hybridized carbons (Fsp3) is 0.353. The molecule has 2 aromatic heterocycles. The van der Waals surface area contributed by atoms with Crippen LogP contribution in [0.3, 0.4) is 0 Å². The molecular formula is C17H21N9. The summed E-state index contributed by atoms with van der Waals surface area (Å²) in [6.45, 7) is 0. The lowest BCUT2D eigenvalue weighted by molar-refractivity contribution is 0.402. The van der Waals surface area contributed by atoms with Crippen LogP contribution in [0.5, 0.6) is 0 Å². The molecule has 0 aliphatic heterocycles. The predicted octanol–water partition coefficient (Wildman–Crippen LogP) is 2.08. The topological polar surface area (TPSA) is 130 Å². The highest BCUT2D eigenvalue weighted by atomic mass is 15.5. The second-order valence-corrected chi connectivity index (χ2v) is 6.41. The average molecular weight is 351 g/mol. The van der Waals surface area contributed by atoms with Crippen LogP contribution in [0.1, 0.15) is 25.7 Å². The highest BCUT2D eigenvalue weighted by Crippen LogP contribution is 2.23. The lowest BCUT2D eigenvalue weighted by Gasteiger charge is -2.29. The van der Waals surface area contributed by atoms with E-state index in [-0.39, 0.29) is 12.1 Å². The Labute approximate surface area is 150 Å². The molecule has 0 amide bonds. The first-order chi connectivity index (χ1) is 12.8. The highest BCUT2D eigenvalue weighted by molar-refractivity contribution is 5.65. The summed E-state index contributed by atoms with van der Waals surface area (Å²) >= 11 is 0. The van der Waals surface area contributed by atoms with Crippen LogP contribution in [-0.2, 0) is 0 Å². The summed E-state index contributed by atoms with van der Waals surface area (Å²) in [4.78, 5) is 8.87. The van der Waals surface area contributed by atoms with E-state index in [1.54, 1.807) is 6.20 Å². The van der Waals surface area contributed by atoms with Gasteiger partial charge in [-0.05, 0) is 36.3 Å². The minimum Gasteiger partial charge on any atom is -0.350 e. The molecule has 26 heavy (non-hydrogen) atoms.